The molecule has 1 amide bonds. The van der Waals surface area contributed by atoms with Crippen molar-refractivity contribution >= 4 is 5.91 Å². The molecule has 1 aliphatic heterocycles. The predicted molar refractivity (Wildman–Crippen MR) is 67.4 cm³/mol. The van der Waals surface area contributed by atoms with Crippen LogP contribution in [0.25, 0.3) is 0 Å². The average Bonchev–Trinajstić information content (AvgIpc) is 2.39. The number of nitrogens with two attached hydrogens (primary N) is 1. The lowest BCUT2D eigenvalue weighted by Gasteiger charge is -2.37. The van der Waals surface area contributed by atoms with Gasteiger partial charge in [0.15, 0.2) is 0 Å². The lowest BCUT2D eigenvalue weighted by atomic mass is 10.1. The van der Waals surface area contributed by atoms with Crippen molar-refractivity contribution in [2.45, 2.75) is 19.1 Å². The Bertz CT molecular complexity index is 461. The first-order chi connectivity index (χ1) is 9.04. The summed E-state index contributed by atoms with van der Waals surface area (Å²) in [6, 6.07) is 3.61. The number of phenolic OH excluding ortho intramolecular Hbond substituents is 1. The molecule has 1 aromatic rings. The summed E-state index contributed by atoms with van der Waals surface area (Å²) in [5.41, 5.74) is 5.22. The summed E-state index contributed by atoms with van der Waals surface area (Å²) < 4.78 is 19.1. The predicted octanol–water partition coefficient (Wildman–Crippen LogP) is 0.719. The quantitative estimate of drug-likeness (QED) is 0.828. The Balaban J connectivity index is 2.27. The van der Waals surface area contributed by atoms with Gasteiger partial charge in [0, 0.05) is 13.1 Å². The zero-order chi connectivity index (χ0) is 14.0. The van der Waals surface area contributed by atoms with Crippen LogP contribution in [0.5, 0.6) is 5.75 Å². The monoisotopic (exact) mass is 268 g/mol. The highest BCUT2D eigenvalue weighted by Crippen LogP contribution is 2.24. The molecule has 0 bridgehead atoms. The molecule has 6 heteroatoms. The summed E-state index contributed by atoms with van der Waals surface area (Å²) in [6.07, 6.45) is -0.255. The van der Waals surface area contributed by atoms with Crippen molar-refractivity contribution in [2.24, 2.45) is 5.73 Å². The van der Waals surface area contributed by atoms with E-state index in [9.17, 15) is 14.3 Å². The van der Waals surface area contributed by atoms with Crippen LogP contribution in [0.1, 0.15) is 17.3 Å². The van der Waals surface area contributed by atoms with E-state index in [1.807, 2.05) is 6.92 Å². The second-order valence-corrected chi connectivity index (χ2v) is 4.63. The minimum atomic E-state index is -0.729. The first kappa shape index (κ1) is 13.8. The standard InChI is InChI=1S/C13H17FN2O3/c1-8-7-19-9(5-15)6-16(8)13(18)12-10(14)3-2-4-11(12)17/h2-4,8-9,17H,5-7,15H2,1H3. The Hall–Kier alpha value is -1.66. The molecule has 104 valence electrons. The molecule has 2 rings (SSSR count). The third-order valence-corrected chi connectivity index (χ3v) is 3.23. The van der Waals surface area contributed by atoms with Crippen LogP contribution in [0.2, 0.25) is 0 Å². The van der Waals surface area contributed by atoms with Gasteiger partial charge in [0.25, 0.3) is 5.91 Å². The summed E-state index contributed by atoms with van der Waals surface area (Å²) in [6.45, 7) is 2.75. The van der Waals surface area contributed by atoms with Crippen LogP contribution in [-0.2, 0) is 4.74 Å². The first-order valence-electron chi connectivity index (χ1n) is 6.14. The number of amides is 1. The molecule has 1 aromatic carbocycles. The Kier molecular flexibility index (Phi) is 4.01. The third kappa shape index (κ3) is 2.69. The fourth-order valence-electron chi connectivity index (χ4n) is 2.11. The molecular weight excluding hydrogens is 251 g/mol. The van der Waals surface area contributed by atoms with Crippen molar-refractivity contribution in [2.75, 3.05) is 19.7 Å². The molecule has 1 saturated heterocycles. The van der Waals surface area contributed by atoms with Gasteiger partial charge in [-0.1, -0.05) is 6.07 Å². The normalized spacial score (nSPS) is 23.4. The molecule has 0 spiro atoms. The summed E-state index contributed by atoms with van der Waals surface area (Å²) in [5.74, 6) is -1.62. The number of hydrogen-bond donors (Lipinski definition) is 2. The van der Waals surface area contributed by atoms with Crippen LogP contribution in [0.15, 0.2) is 18.2 Å². The van der Waals surface area contributed by atoms with Crippen LogP contribution >= 0.6 is 0 Å². The van der Waals surface area contributed by atoms with Crippen LogP contribution in [0.3, 0.4) is 0 Å². The Labute approximate surface area is 110 Å². The van der Waals surface area contributed by atoms with E-state index in [1.165, 1.54) is 17.0 Å². The fraction of sp³-hybridized carbons (Fsp3) is 0.462. The van der Waals surface area contributed by atoms with Crippen LogP contribution in [0, 0.1) is 5.82 Å². The van der Waals surface area contributed by atoms with E-state index in [2.05, 4.69) is 0 Å². The summed E-state index contributed by atoms with van der Waals surface area (Å²) >= 11 is 0. The zero-order valence-electron chi connectivity index (χ0n) is 10.7. The number of hydrogen-bond acceptors (Lipinski definition) is 4. The average molecular weight is 268 g/mol. The van der Waals surface area contributed by atoms with E-state index >= 15 is 0 Å². The van der Waals surface area contributed by atoms with E-state index in [1.54, 1.807) is 0 Å². The molecule has 0 aliphatic carbocycles. The smallest absolute Gasteiger partial charge is 0.261 e. The van der Waals surface area contributed by atoms with E-state index in [4.69, 9.17) is 10.5 Å². The van der Waals surface area contributed by atoms with Crippen molar-refractivity contribution in [3.05, 3.63) is 29.6 Å². The van der Waals surface area contributed by atoms with Crippen molar-refractivity contribution in [1.82, 2.24) is 4.90 Å². The van der Waals surface area contributed by atoms with E-state index in [0.29, 0.717) is 19.7 Å². The number of phenols is 1. The summed E-state index contributed by atoms with van der Waals surface area (Å²) in [4.78, 5) is 13.8. The van der Waals surface area contributed by atoms with Gasteiger partial charge in [-0.25, -0.2) is 4.39 Å². The lowest BCUT2D eigenvalue weighted by Crippen LogP contribution is -2.53. The topological polar surface area (TPSA) is 75.8 Å². The molecule has 0 aromatic heterocycles. The molecule has 3 N–H and O–H groups in total. The first-order valence-corrected chi connectivity index (χ1v) is 6.14. The number of carbonyl (C=O) groups excluding carboxylic acids is 1. The van der Waals surface area contributed by atoms with Gasteiger partial charge < -0.3 is 20.5 Å². The number of carbonyl (C=O) groups is 1. The summed E-state index contributed by atoms with van der Waals surface area (Å²) in [5, 5.41) is 9.66. The Morgan fingerprint density at radius 3 is 3.00 bits per heavy atom. The van der Waals surface area contributed by atoms with Gasteiger partial charge in [-0.05, 0) is 19.1 Å². The molecule has 1 fully saturated rings. The van der Waals surface area contributed by atoms with E-state index < -0.39 is 11.7 Å². The largest absolute Gasteiger partial charge is 0.507 e. The maximum atomic E-state index is 13.7. The Morgan fingerprint density at radius 2 is 2.37 bits per heavy atom. The number of ether oxygens (including phenoxy) is 1. The molecular formula is C13H17FN2O3. The van der Waals surface area contributed by atoms with Gasteiger partial charge in [0.1, 0.15) is 17.1 Å². The zero-order valence-corrected chi connectivity index (χ0v) is 10.7. The number of morpholine rings is 1. The van der Waals surface area contributed by atoms with Gasteiger partial charge in [0.2, 0.25) is 0 Å². The molecule has 0 saturated carbocycles. The highest BCUT2D eigenvalue weighted by atomic mass is 19.1. The fourth-order valence-corrected chi connectivity index (χ4v) is 2.11. The lowest BCUT2D eigenvalue weighted by molar-refractivity contribution is -0.0428. The highest BCUT2D eigenvalue weighted by molar-refractivity contribution is 5.97. The SMILES string of the molecule is CC1COC(CN)CN1C(=O)c1c(O)cccc1F. The molecule has 1 heterocycles. The number of halogens is 1. The number of benzene rings is 1. The van der Waals surface area contributed by atoms with Gasteiger partial charge >= 0.3 is 0 Å². The molecule has 2 atom stereocenters. The Morgan fingerprint density at radius 1 is 1.63 bits per heavy atom. The van der Waals surface area contributed by atoms with Crippen molar-refractivity contribution in [3.63, 3.8) is 0 Å². The molecule has 2 unspecified atom stereocenters. The van der Waals surface area contributed by atoms with E-state index in [0.717, 1.165) is 6.07 Å². The minimum Gasteiger partial charge on any atom is -0.507 e. The van der Waals surface area contributed by atoms with Gasteiger partial charge in [-0.2, -0.15) is 0 Å². The maximum absolute atomic E-state index is 13.7. The molecule has 5 nitrogen and oxygen atoms in total. The minimum absolute atomic E-state index is 0.186. The number of aromatic hydroxyl groups is 1. The van der Waals surface area contributed by atoms with Gasteiger partial charge in [-0.3, -0.25) is 4.79 Å². The van der Waals surface area contributed by atoms with Crippen LogP contribution in [-0.4, -0.2) is 47.8 Å². The van der Waals surface area contributed by atoms with Crippen molar-refractivity contribution < 1.29 is 19.0 Å². The number of nitrogens with zero attached hydrogens (tertiary/aromatic N) is 1. The van der Waals surface area contributed by atoms with Crippen LogP contribution < -0.4 is 5.73 Å². The second kappa shape index (κ2) is 5.54. The van der Waals surface area contributed by atoms with Gasteiger partial charge in [0.05, 0.1) is 18.8 Å². The highest BCUT2D eigenvalue weighted by Gasteiger charge is 2.32. The molecule has 1 aliphatic rings. The summed E-state index contributed by atoms with van der Waals surface area (Å²) in [7, 11) is 0. The van der Waals surface area contributed by atoms with E-state index in [-0.39, 0.29) is 23.5 Å². The third-order valence-electron chi connectivity index (χ3n) is 3.23. The molecule has 0 radical (unpaired) electrons. The van der Waals surface area contributed by atoms with Crippen molar-refractivity contribution in [1.29, 1.82) is 0 Å². The van der Waals surface area contributed by atoms with Gasteiger partial charge in [-0.15, -0.1) is 0 Å². The van der Waals surface area contributed by atoms with Crippen molar-refractivity contribution in [3.8, 4) is 5.75 Å². The maximum Gasteiger partial charge on any atom is 0.261 e. The number of rotatable bonds is 2. The molecule has 19 heavy (non-hydrogen) atoms. The second-order valence-electron chi connectivity index (χ2n) is 4.63. The van der Waals surface area contributed by atoms with Crippen LogP contribution in [0.4, 0.5) is 4.39 Å².